The molecule has 0 saturated heterocycles. The Kier molecular flexibility index (Phi) is 3.03. The molecule has 96 valence electrons. The molecule has 0 atom stereocenters. The zero-order valence-electron chi connectivity index (χ0n) is 11.0. The molecule has 0 aliphatic carbocycles. The third-order valence-electron chi connectivity index (χ3n) is 3.49. The van der Waals surface area contributed by atoms with E-state index in [1.165, 1.54) is 11.3 Å². The molecular formula is C16H17N2O+. The quantitative estimate of drug-likeness (QED) is 0.759. The topological polar surface area (TPSA) is 24.2 Å². The maximum absolute atomic E-state index is 11.7. The summed E-state index contributed by atoms with van der Waals surface area (Å²) in [5.74, 6) is 0.285. The van der Waals surface area contributed by atoms with Crippen LogP contribution in [-0.2, 0) is 17.8 Å². The number of hydrogen-bond donors (Lipinski definition) is 0. The standard InChI is InChI=1S/C16H17N2O/c1-17-12-15(19)9-14-11-18(8-7-16(14)17)10-13-5-3-2-4-6-13/h2-8,11H,9-10,12H2,1H3/q+1. The van der Waals surface area contributed by atoms with Crippen molar-refractivity contribution in [1.29, 1.82) is 0 Å². The van der Waals surface area contributed by atoms with Gasteiger partial charge in [0, 0.05) is 30.7 Å². The smallest absolute Gasteiger partial charge is 0.174 e. The van der Waals surface area contributed by atoms with Crippen LogP contribution in [0.25, 0.3) is 0 Å². The highest BCUT2D eigenvalue weighted by Crippen LogP contribution is 2.22. The lowest BCUT2D eigenvalue weighted by Gasteiger charge is -2.25. The summed E-state index contributed by atoms with van der Waals surface area (Å²) >= 11 is 0. The van der Waals surface area contributed by atoms with E-state index < -0.39 is 0 Å². The molecule has 3 rings (SSSR count). The molecule has 3 heteroatoms. The molecule has 1 aromatic carbocycles. The van der Waals surface area contributed by atoms with Crippen molar-refractivity contribution >= 4 is 11.5 Å². The first-order chi connectivity index (χ1) is 9.22. The maximum Gasteiger partial charge on any atom is 0.174 e. The number of benzene rings is 1. The minimum Gasteiger partial charge on any atom is -0.367 e. The molecule has 19 heavy (non-hydrogen) atoms. The van der Waals surface area contributed by atoms with Crippen molar-refractivity contribution in [2.75, 3.05) is 18.5 Å². The van der Waals surface area contributed by atoms with Gasteiger partial charge >= 0.3 is 0 Å². The summed E-state index contributed by atoms with van der Waals surface area (Å²) in [6.45, 7) is 1.36. The number of rotatable bonds is 2. The second-order valence-corrected chi connectivity index (χ2v) is 5.08. The molecule has 1 aromatic heterocycles. The second kappa shape index (κ2) is 4.84. The highest BCUT2D eigenvalue weighted by atomic mass is 16.1. The zero-order valence-corrected chi connectivity index (χ0v) is 11.0. The third kappa shape index (κ3) is 2.50. The summed E-state index contributed by atoms with van der Waals surface area (Å²) in [5, 5.41) is 0. The van der Waals surface area contributed by atoms with Gasteiger partial charge in [-0.05, 0) is 0 Å². The molecular weight excluding hydrogens is 236 g/mol. The first-order valence-electron chi connectivity index (χ1n) is 6.51. The molecule has 0 fully saturated rings. The summed E-state index contributed by atoms with van der Waals surface area (Å²) in [6, 6.07) is 12.4. The van der Waals surface area contributed by atoms with E-state index in [1.54, 1.807) is 0 Å². The molecule has 0 unspecified atom stereocenters. The zero-order chi connectivity index (χ0) is 13.2. The largest absolute Gasteiger partial charge is 0.367 e. The van der Waals surface area contributed by atoms with Gasteiger partial charge in [-0.15, -0.1) is 0 Å². The number of carbonyl (C=O) groups excluding carboxylic acids is 1. The van der Waals surface area contributed by atoms with Gasteiger partial charge in [0.25, 0.3) is 0 Å². The fraction of sp³-hybridized carbons (Fsp3) is 0.250. The highest BCUT2D eigenvalue weighted by Gasteiger charge is 2.22. The van der Waals surface area contributed by atoms with Crippen LogP contribution in [0.4, 0.5) is 5.69 Å². The number of likely N-dealkylation sites (N-methyl/N-ethyl adjacent to an activating group) is 1. The van der Waals surface area contributed by atoms with Gasteiger partial charge in [0.2, 0.25) is 0 Å². The Bertz CT molecular complexity index is 607. The fourth-order valence-electron chi connectivity index (χ4n) is 2.60. The first kappa shape index (κ1) is 11.9. The van der Waals surface area contributed by atoms with Gasteiger partial charge in [0.1, 0.15) is 0 Å². The van der Waals surface area contributed by atoms with Gasteiger partial charge in [-0.25, -0.2) is 4.57 Å². The molecule has 1 aliphatic rings. The lowest BCUT2D eigenvalue weighted by molar-refractivity contribution is -0.688. The fourth-order valence-corrected chi connectivity index (χ4v) is 2.60. The number of hydrogen-bond acceptors (Lipinski definition) is 2. The van der Waals surface area contributed by atoms with Gasteiger partial charge in [-0.3, -0.25) is 4.79 Å². The average molecular weight is 253 g/mol. The van der Waals surface area contributed by atoms with Gasteiger partial charge < -0.3 is 4.90 Å². The van der Waals surface area contributed by atoms with Gasteiger partial charge in [0.15, 0.2) is 24.7 Å². The SMILES string of the molecule is CN1CC(=O)Cc2c[n+](Cc3ccccc3)ccc21. The Morgan fingerprint density at radius 1 is 1.21 bits per heavy atom. The van der Waals surface area contributed by atoms with Crippen LogP contribution in [0.3, 0.4) is 0 Å². The molecule has 2 aromatic rings. The first-order valence-corrected chi connectivity index (χ1v) is 6.51. The molecule has 0 amide bonds. The van der Waals surface area contributed by atoms with E-state index in [2.05, 4.69) is 35.2 Å². The number of pyridine rings is 1. The van der Waals surface area contributed by atoms with Crippen molar-refractivity contribution in [2.24, 2.45) is 0 Å². The molecule has 1 aliphatic heterocycles. The van der Waals surface area contributed by atoms with Crippen molar-refractivity contribution in [1.82, 2.24) is 0 Å². The summed E-state index contributed by atoms with van der Waals surface area (Å²) in [6.07, 6.45) is 4.73. The Morgan fingerprint density at radius 3 is 2.79 bits per heavy atom. The number of anilines is 1. The Labute approximate surface area is 113 Å². The van der Waals surface area contributed by atoms with E-state index in [0.29, 0.717) is 13.0 Å². The van der Waals surface area contributed by atoms with Crippen LogP contribution in [0.1, 0.15) is 11.1 Å². The Morgan fingerprint density at radius 2 is 2.00 bits per heavy atom. The number of ketones is 1. The van der Waals surface area contributed by atoms with Crippen LogP contribution in [-0.4, -0.2) is 19.4 Å². The lowest BCUT2D eigenvalue weighted by atomic mass is 10.0. The van der Waals surface area contributed by atoms with E-state index in [9.17, 15) is 4.79 Å². The molecule has 3 nitrogen and oxygen atoms in total. The van der Waals surface area contributed by atoms with Crippen LogP contribution in [0.2, 0.25) is 0 Å². The molecule has 0 radical (unpaired) electrons. The normalized spacial score (nSPS) is 14.4. The van der Waals surface area contributed by atoms with E-state index in [-0.39, 0.29) is 5.78 Å². The van der Waals surface area contributed by atoms with Crippen LogP contribution < -0.4 is 9.47 Å². The average Bonchev–Trinajstić information content (AvgIpc) is 2.39. The van der Waals surface area contributed by atoms with E-state index in [0.717, 1.165) is 12.1 Å². The van der Waals surface area contributed by atoms with E-state index in [4.69, 9.17) is 0 Å². The molecule has 0 spiro atoms. The summed E-state index contributed by atoms with van der Waals surface area (Å²) in [5.41, 5.74) is 3.56. The van der Waals surface area contributed by atoms with E-state index >= 15 is 0 Å². The minimum absolute atomic E-state index is 0.285. The van der Waals surface area contributed by atoms with E-state index in [1.807, 2.05) is 30.1 Å². The van der Waals surface area contributed by atoms with Crippen LogP contribution in [0, 0.1) is 0 Å². The second-order valence-electron chi connectivity index (χ2n) is 5.08. The van der Waals surface area contributed by atoms with Gasteiger partial charge in [-0.2, -0.15) is 0 Å². The van der Waals surface area contributed by atoms with Crippen molar-refractivity contribution in [3.63, 3.8) is 0 Å². The van der Waals surface area contributed by atoms with Gasteiger partial charge in [0.05, 0.1) is 12.2 Å². The van der Waals surface area contributed by atoms with Crippen molar-refractivity contribution in [3.05, 3.63) is 59.9 Å². The van der Waals surface area contributed by atoms with Crippen LogP contribution >= 0.6 is 0 Å². The molecule has 0 bridgehead atoms. The summed E-state index contributed by atoms with van der Waals surface area (Å²) < 4.78 is 2.14. The van der Waals surface area contributed by atoms with Crippen molar-refractivity contribution in [3.8, 4) is 0 Å². The predicted octanol–water partition coefficient (Wildman–Crippen LogP) is 1.58. The lowest BCUT2D eigenvalue weighted by Crippen LogP contribution is -2.38. The third-order valence-corrected chi connectivity index (χ3v) is 3.49. The Hall–Kier alpha value is -2.16. The van der Waals surface area contributed by atoms with Gasteiger partial charge in [-0.1, -0.05) is 30.3 Å². The number of carbonyl (C=O) groups is 1. The monoisotopic (exact) mass is 253 g/mol. The maximum atomic E-state index is 11.7. The van der Waals surface area contributed by atoms with Crippen molar-refractivity contribution in [2.45, 2.75) is 13.0 Å². The summed E-state index contributed by atoms with van der Waals surface area (Å²) in [4.78, 5) is 13.7. The van der Waals surface area contributed by atoms with Crippen molar-refractivity contribution < 1.29 is 9.36 Å². The van der Waals surface area contributed by atoms with Crippen LogP contribution in [0.5, 0.6) is 0 Å². The number of aromatic nitrogens is 1. The summed E-state index contributed by atoms with van der Waals surface area (Å²) in [7, 11) is 1.97. The highest BCUT2D eigenvalue weighted by molar-refractivity contribution is 5.89. The van der Waals surface area contributed by atoms with Crippen LogP contribution in [0.15, 0.2) is 48.8 Å². The molecule has 2 heterocycles. The predicted molar refractivity (Wildman–Crippen MR) is 74.2 cm³/mol. The Balaban J connectivity index is 1.89. The molecule has 0 N–H and O–H groups in total. The number of nitrogens with zero attached hydrogens (tertiary/aromatic N) is 2. The minimum atomic E-state index is 0.285. The number of fused-ring (bicyclic) bond motifs is 1. The number of Topliss-reactive ketones (excluding diaryl/α,β-unsaturated/α-hetero) is 1. The molecule has 0 saturated carbocycles.